The average molecular weight is 98.1 g/mol. The number of amidine groups is 1. The van der Waals surface area contributed by atoms with E-state index in [1.54, 1.807) is 0 Å². The molecule has 1 aliphatic rings. The van der Waals surface area contributed by atoms with Crippen molar-refractivity contribution in [3.8, 4) is 0 Å². The molecule has 2 nitrogen and oxygen atoms in total. The van der Waals surface area contributed by atoms with Crippen molar-refractivity contribution in [2.75, 3.05) is 0 Å². The van der Waals surface area contributed by atoms with E-state index in [4.69, 9.17) is 0 Å². The van der Waals surface area contributed by atoms with Gasteiger partial charge in [0, 0.05) is 0 Å². The van der Waals surface area contributed by atoms with Crippen LogP contribution in [0.25, 0.3) is 0 Å². The number of hydrogen-bond acceptors (Lipinski definition) is 0. The van der Waals surface area contributed by atoms with Crippen molar-refractivity contribution in [3.63, 3.8) is 0 Å². The summed E-state index contributed by atoms with van der Waals surface area (Å²) in [4.78, 5) is 3.09. The summed E-state index contributed by atoms with van der Waals surface area (Å²) in [5.41, 5.74) is 0. The zero-order valence-corrected chi connectivity index (χ0v) is 4.44. The summed E-state index contributed by atoms with van der Waals surface area (Å²) < 4.78 is 0. The van der Waals surface area contributed by atoms with Gasteiger partial charge >= 0.3 is 5.84 Å². The average Bonchev–Trinajstić information content (AvgIpc) is 2.14. The largest absolute Gasteiger partial charge is 0.343 e. The first-order chi connectivity index (χ1) is 3.43. The first-order valence-corrected chi connectivity index (χ1v) is 2.55. The third-order valence-electron chi connectivity index (χ3n) is 1.04. The molecule has 0 saturated carbocycles. The highest BCUT2D eigenvalue weighted by atomic mass is 15.0. The quantitative estimate of drug-likeness (QED) is 0.377. The standard InChI is InChI=1S/C5H8N2/c1-2-5-6-3-4-7-5/h3-4H,2H2,1H3,(H,6,7)/p+2. The summed E-state index contributed by atoms with van der Waals surface area (Å²) in [7, 11) is 0. The molecule has 0 bridgehead atoms. The van der Waals surface area contributed by atoms with Crippen LogP contribution in [0.1, 0.15) is 13.3 Å². The van der Waals surface area contributed by atoms with Gasteiger partial charge < -0.3 is 0 Å². The summed E-state index contributed by atoms with van der Waals surface area (Å²) in [5.74, 6) is 1.31. The fourth-order valence-corrected chi connectivity index (χ4v) is 0.587. The first kappa shape index (κ1) is 4.53. The number of quaternary nitrogens is 1. The highest BCUT2D eigenvalue weighted by Crippen LogP contribution is 1.63. The van der Waals surface area contributed by atoms with E-state index in [0.717, 1.165) is 6.42 Å². The van der Waals surface area contributed by atoms with Gasteiger partial charge in [-0.15, -0.1) is 0 Å². The van der Waals surface area contributed by atoms with Gasteiger partial charge in [0.25, 0.3) is 0 Å². The summed E-state index contributed by atoms with van der Waals surface area (Å²) in [6, 6.07) is 0. The fourth-order valence-electron chi connectivity index (χ4n) is 0.587. The molecule has 0 aromatic heterocycles. The molecule has 7 heavy (non-hydrogen) atoms. The lowest BCUT2D eigenvalue weighted by atomic mass is 10.4. The molecule has 0 radical (unpaired) electrons. The van der Waals surface area contributed by atoms with Crippen molar-refractivity contribution in [1.29, 1.82) is 0 Å². The zero-order chi connectivity index (χ0) is 5.11. The van der Waals surface area contributed by atoms with Gasteiger partial charge in [0.2, 0.25) is 6.20 Å². The van der Waals surface area contributed by atoms with Crippen molar-refractivity contribution >= 4 is 5.84 Å². The van der Waals surface area contributed by atoms with Gasteiger partial charge in [0.15, 0.2) is 6.20 Å². The highest BCUT2D eigenvalue weighted by Gasteiger charge is 2.07. The predicted molar refractivity (Wildman–Crippen MR) is 27.3 cm³/mol. The van der Waals surface area contributed by atoms with Crippen molar-refractivity contribution in [3.05, 3.63) is 12.4 Å². The van der Waals surface area contributed by atoms with Crippen LogP contribution in [0.15, 0.2) is 12.4 Å². The van der Waals surface area contributed by atoms with E-state index in [1.165, 1.54) is 5.84 Å². The van der Waals surface area contributed by atoms with E-state index in [0.29, 0.717) is 0 Å². The van der Waals surface area contributed by atoms with E-state index in [-0.39, 0.29) is 0 Å². The minimum atomic E-state index is 1.10. The lowest BCUT2D eigenvalue weighted by molar-refractivity contribution is -0.506. The third kappa shape index (κ3) is 0.871. The maximum Gasteiger partial charge on any atom is 0.343 e. The molecular formula is C5H10N2+2. The second-order valence-corrected chi connectivity index (χ2v) is 1.55. The van der Waals surface area contributed by atoms with E-state index in [2.05, 4.69) is 17.2 Å². The monoisotopic (exact) mass is 98.1 g/mol. The normalized spacial score (nSPS) is 17.6. The Hall–Kier alpha value is -0.630. The number of hydrogen-bond donors (Lipinski definition) is 2. The molecule has 1 aliphatic heterocycles. The van der Waals surface area contributed by atoms with Crippen LogP contribution in [0, 0.1) is 0 Å². The fraction of sp³-hybridized carbons (Fsp3) is 0.400. The van der Waals surface area contributed by atoms with Crippen LogP contribution < -0.4 is 10.3 Å². The summed E-state index contributed by atoms with van der Waals surface area (Å²) in [5, 5.41) is 2.08. The number of nitrogens with one attached hydrogen (secondary N) is 1. The molecule has 3 N–H and O–H groups in total. The SMILES string of the molecule is CCC1=[NH+]C=C[NH2+]1. The number of rotatable bonds is 1. The summed E-state index contributed by atoms with van der Waals surface area (Å²) >= 11 is 0. The molecule has 0 atom stereocenters. The molecule has 1 rings (SSSR count). The minimum absolute atomic E-state index is 1.10. The van der Waals surface area contributed by atoms with E-state index in [9.17, 15) is 0 Å². The van der Waals surface area contributed by atoms with E-state index in [1.807, 2.05) is 12.4 Å². The van der Waals surface area contributed by atoms with Gasteiger partial charge in [-0.25, -0.2) is 5.32 Å². The predicted octanol–water partition coefficient (Wildman–Crippen LogP) is -2.08. The Balaban J connectivity index is 2.45. The molecular weight excluding hydrogens is 88.1 g/mol. The third-order valence-corrected chi connectivity index (χ3v) is 1.04. The molecule has 0 aliphatic carbocycles. The highest BCUT2D eigenvalue weighted by molar-refractivity contribution is 5.66. The Labute approximate surface area is 42.9 Å². The first-order valence-electron chi connectivity index (χ1n) is 2.55. The molecule has 38 valence electrons. The number of nitrogens with two attached hydrogens (primary N) is 1. The second kappa shape index (κ2) is 1.89. The molecule has 0 spiro atoms. The van der Waals surface area contributed by atoms with E-state index >= 15 is 0 Å². The smallest absolute Gasteiger partial charge is 0.231 e. The Morgan fingerprint density at radius 1 is 1.86 bits per heavy atom. The van der Waals surface area contributed by atoms with Gasteiger partial charge in [-0.2, -0.15) is 4.99 Å². The van der Waals surface area contributed by atoms with Crippen LogP contribution >= 0.6 is 0 Å². The minimum Gasteiger partial charge on any atom is -0.231 e. The van der Waals surface area contributed by atoms with Crippen LogP contribution in [0.2, 0.25) is 0 Å². The lowest BCUT2D eigenvalue weighted by Gasteiger charge is -1.76. The molecule has 0 fully saturated rings. The molecule has 0 unspecified atom stereocenters. The van der Waals surface area contributed by atoms with Crippen LogP contribution in [-0.4, -0.2) is 5.84 Å². The van der Waals surface area contributed by atoms with Gasteiger partial charge in [-0.3, -0.25) is 0 Å². The lowest BCUT2D eigenvalue weighted by Crippen LogP contribution is -2.89. The van der Waals surface area contributed by atoms with Crippen molar-refractivity contribution < 1.29 is 10.3 Å². The Bertz CT molecular complexity index is 113. The summed E-state index contributed by atoms with van der Waals surface area (Å²) in [6.07, 6.45) is 5.06. The van der Waals surface area contributed by atoms with Gasteiger partial charge in [-0.1, -0.05) is 0 Å². The van der Waals surface area contributed by atoms with Crippen molar-refractivity contribution in [2.45, 2.75) is 13.3 Å². The van der Waals surface area contributed by atoms with Gasteiger partial charge in [0.1, 0.15) is 0 Å². The van der Waals surface area contributed by atoms with Crippen LogP contribution in [0.5, 0.6) is 0 Å². The molecule has 1 heterocycles. The van der Waals surface area contributed by atoms with Crippen molar-refractivity contribution in [2.24, 2.45) is 0 Å². The molecule has 0 aromatic rings. The van der Waals surface area contributed by atoms with Crippen LogP contribution in [0.3, 0.4) is 0 Å². The maximum absolute atomic E-state index is 3.09. The zero-order valence-electron chi connectivity index (χ0n) is 4.44. The molecule has 0 aromatic carbocycles. The van der Waals surface area contributed by atoms with E-state index < -0.39 is 0 Å². The summed E-state index contributed by atoms with van der Waals surface area (Å²) in [6.45, 7) is 2.13. The topological polar surface area (TPSA) is 30.6 Å². The second-order valence-electron chi connectivity index (χ2n) is 1.55. The van der Waals surface area contributed by atoms with Gasteiger partial charge in [0.05, 0.1) is 6.42 Å². The van der Waals surface area contributed by atoms with Crippen molar-refractivity contribution in [1.82, 2.24) is 0 Å². The molecule has 0 saturated heterocycles. The van der Waals surface area contributed by atoms with Crippen LogP contribution in [-0.2, 0) is 0 Å². The molecule has 2 heteroatoms. The Morgan fingerprint density at radius 3 is 3.00 bits per heavy atom. The maximum atomic E-state index is 3.09. The van der Waals surface area contributed by atoms with Gasteiger partial charge in [-0.05, 0) is 6.92 Å². The molecule has 0 amide bonds. The van der Waals surface area contributed by atoms with Crippen LogP contribution in [0.4, 0.5) is 0 Å². The Morgan fingerprint density at radius 2 is 2.71 bits per heavy atom. The Kier molecular flexibility index (Phi) is 1.22.